The molecule has 0 saturated carbocycles. The summed E-state index contributed by atoms with van der Waals surface area (Å²) in [5.41, 5.74) is 5.10. The molecule has 0 rings (SSSR count). The molecule has 2 nitrogen and oxygen atoms in total. The molecular weight excluding hydrogens is 76.1 g/mol. The molecule has 0 saturated heterocycles. The van der Waals surface area contributed by atoms with Gasteiger partial charge in [0.25, 0.3) is 0 Å². The van der Waals surface area contributed by atoms with Gasteiger partial charge in [-0.2, -0.15) is 0 Å². The molecule has 0 aromatic heterocycles. The van der Waals surface area contributed by atoms with Gasteiger partial charge in [-0.15, -0.1) is 0 Å². The minimum Gasteiger partial charge on any atom is -0.329 e. The fraction of sp³-hybridized carbons (Fsp3) is 0.500. The molecule has 0 unspecified atom stereocenters. The maximum atomic E-state index is 5.10. The van der Waals surface area contributed by atoms with Crippen molar-refractivity contribution in [1.29, 1.82) is 0 Å². The first-order chi connectivity index (χ1) is 2.91. The molecule has 0 atom stereocenters. The molecule has 0 bridgehead atoms. The normalized spacial score (nSPS) is 9.00. The number of nitrogens with two attached hydrogens (primary N) is 1. The Morgan fingerprint density at radius 1 is 1.83 bits per heavy atom. The molecule has 0 aliphatic carbocycles. The average molecular weight is 86.1 g/mol. The molecule has 2 heteroatoms. The summed E-state index contributed by atoms with van der Waals surface area (Å²) in [6.45, 7) is 6.56. The summed E-state index contributed by atoms with van der Waals surface area (Å²) in [6, 6.07) is 0. The standard InChI is InChI=1S/C4H10N2/c1-2-6-4-3-5/h2,6H,1,3-5H2. The van der Waals surface area contributed by atoms with Crippen LogP contribution in [0.15, 0.2) is 0 Å². The predicted molar refractivity (Wildman–Crippen MR) is 26.7 cm³/mol. The van der Waals surface area contributed by atoms with E-state index in [0.717, 1.165) is 6.54 Å². The first kappa shape index (κ1) is 5.92. The van der Waals surface area contributed by atoms with Crippen molar-refractivity contribution in [2.45, 2.75) is 0 Å². The van der Waals surface area contributed by atoms with E-state index in [0.29, 0.717) is 6.54 Å². The Bertz CT molecular complexity index is 17.5. The van der Waals surface area contributed by atoms with Gasteiger partial charge in [0.2, 0.25) is 0 Å². The third kappa shape index (κ3) is 3.92. The Balaban J connectivity index is 2.34. The summed E-state index contributed by atoms with van der Waals surface area (Å²) >= 11 is 0. The lowest BCUT2D eigenvalue weighted by Gasteiger charge is -1.91. The van der Waals surface area contributed by atoms with Crippen molar-refractivity contribution in [3.8, 4) is 0 Å². The van der Waals surface area contributed by atoms with Crippen LogP contribution in [0, 0.1) is 13.5 Å². The van der Waals surface area contributed by atoms with Crippen molar-refractivity contribution in [2.75, 3.05) is 13.1 Å². The molecule has 0 fully saturated rings. The quantitative estimate of drug-likeness (QED) is 0.456. The summed E-state index contributed by atoms with van der Waals surface area (Å²) in [7, 11) is 0. The van der Waals surface area contributed by atoms with E-state index in [4.69, 9.17) is 5.73 Å². The van der Waals surface area contributed by atoms with Crippen LogP contribution in [0.3, 0.4) is 0 Å². The van der Waals surface area contributed by atoms with Crippen LogP contribution >= 0.6 is 0 Å². The Morgan fingerprint density at radius 3 is 2.67 bits per heavy atom. The minimum atomic E-state index is 0.673. The highest BCUT2D eigenvalue weighted by molar-refractivity contribution is 4.61. The molecule has 0 aromatic rings. The van der Waals surface area contributed by atoms with Gasteiger partial charge in [-0.3, -0.25) is 0 Å². The van der Waals surface area contributed by atoms with E-state index < -0.39 is 0 Å². The first-order valence-electron chi connectivity index (χ1n) is 1.96. The van der Waals surface area contributed by atoms with Crippen LogP contribution in [-0.2, 0) is 0 Å². The molecule has 0 aliphatic heterocycles. The lowest BCUT2D eigenvalue weighted by atomic mass is 10.6. The maximum Gasteiger partial charge on any atom is 0.0222 e. The molecule has 36 valence electrons. The SMILES string of the molecule is [CH2][CH]NCCN. The molecular formula is C4H10N2. The van der Waals surface area contributed by atoms with E-state index in [-0.39, 0.29) is 0 Å². The van der Waals surface area contributed by atoms with Crippen LogP contribution in [0.25, 0.3) is 0 Å². The molecule has 0 aromatic carbocycles. The highest BCUT2D eigenvalue weighted by Crippen LogP contribution is 1.55. The van der Waals surface area contributed by atoms with Gasteiger partial charge in [0.1, 0.15) is 0 Å². The highest BCUT2D eigenvalue weighted by Gasteiger charge is 1.72. The van der Waals surface area contributed by atoms with Gasteiger partial charge in [-0.1, -0.05) is 0 Å². The third-order valence-electron chi connectivity index (χ3n) is 0.433. The van der Waals surface area contributed by atoms with Crippen LogP contribution in [-0.4, -0.2) is 13.1 Å². The Labute approximate surface area is 38.7 Å². The number of hydrogen-bond donors (Lipinski definition) is 2. The summed E-state index contributed by atoms with van der Waals surface area (Å²) in [5.74, 6) is 0. The molecule has 6 heavy (non-hydrogen) atoms. The monoisotopic (exact) mass is 86.1 g/mol. The largest absolute Gasteiger partial charge is 0.329 e. The zero-order valence-corrected chi connectivity index (χ0v) is 3.78. The molecule has 0 heterocycles. The predicted octanol–water partition coefficient (Wildman–Crippen LogP) is -0.469. The van der Waals surface area contributed by atoms with Crippen LogP contribution in [0.4, 0.5) is 0 Å². The Hall–Kier alpha value is -0.0800. The zero-order chi connectivity index (χ0) is 4.83. The van der Waals surface area contributed by atoms with Crippen molar-refractivity contribution >= 4 is 0 Å². The van der Waals surface area contributed by atoms with Crippen LogP contribution < -0.4 is 11.1 Å². The summed E-state index contributed by atoms with van der Waals surface area (Å²) < 4.78 is 0. The number of nitrogens with one attached hydrogen (secondary N) is 1. The van der Waals surface area contributed by atoms with Crippen LogP contribution in [0.5, 0.6) is 0 Å². The first-order valence-corrected chi connectivity index (χ1v) is 1.96. The van der Waals surface area contributed by atoms with Crippen LogP contribution in [0.2, 0.25) is 0 Å². The lowest BCUT2D eigenvalue weighted by molar-refractivity contribution is 0.809. The van der Waals surface area contributed by atoms with Crippen molar-refractivity contribution in [3.63, 3.8) is 0 Å². The smallest absolute Gasteiger partial charge is 0.0222 e. The second kappa shape index (κ2) is 4.92. The van der Waals surface area contributed by atoms with Gasteiger partial charge in [0.05, 0.1) is 0 Å². The van der Waals surface area contributed by atoms with E-state index in [1.807, 2.05) is 0 Å². The summed E-state index contributed by atoms with van der Waals surface area (Å²) in [4.78, 5) is 0. The van der Waals surface area contributed by atoms with Gasteiger partial charge in [0, 0.05) is 19.6 Å². The van der Waals surface area contributed by atoms with Crippen molar-refractivity contribution in [2.24, 2.45) is 5.73 Å². The number of hydrogen-bond acceptors (Lipinski definition) is 2. The molecule has 0 amide bonds. The molecule has 3 N–H and O–H groups in total. The third-order valence-corrected chi connectivity index (χ3v) is 0.433. The van der Waals surface area contributed by atoms with E-state index in [1.54, 1.807) is 6.54 Å². The zero-order valence-electron chi connectivity index (χ0n) is 3.78. The minimum absolute atomic E-state index is 0.673. The fourth-order valence-electron chi connectivity index (χ4n) is 0.185. The van der Waals surface area contributed by atoms with Gasteiger partial charge in [-0.05, 0) is 6.92 Å². The van der Waals surface area contributed by atoms with E-state index in [9.17, 15) is 0 Å². The van der Waals surface area contributed by atoms with Crippen molar-refractivity contribution in [3.05, 3.63) is 13.5 Å². The average Bonchev–Trinajstić information content (AvgIpc) is 1.61. The molecule has 0 aliphatic rings. The van der Waals surface area contributed by atoms with E-state index in [1.165, 1.54) is 0 Å². The summed E-state index contributed by atoms with van der Waals surface area (Å²) in [5, 5.41) is 2.84. The van der Waals surface area contributed by atoms with Gasteiger partial charge in [0.15, 0.2) is 0 Å². The van der Waals surface area contributed by atoms with Crippen LogP contribution in [0.1, 0.15) is 0 Å². The fourth-order valence-corrected chi connectivity index (χ4v) is 0.185. The topological polar surface area (TPSA) is 38.0 Å². The summed E-state index contributed by atoms with van der Waals surface area (Å²) in [6.07, 6.45) is 0. The van der Waals surface area contributed by atoms with E-state index in [2.05, 4.69) is 12.2 Å². The van der Waals surface area contributed by atoms with Crippen molar-refractivity contribution < 1.29 is 0 Å². The van der Waals surface area contributed by atoms with E-state index >= 15 is 0 Å². The second-order valence-corrected chi connectivity index (χ2v) is 0.947. The van der Waals surface area contributed by atoms with Gasteiger partial charge < -0.3 is 11.1 Å². The Morgan fingerprint density at radius 2 is 2.50 bits per heavy atom. The maximum absolute atomic E-state index is 5.10. The highest BCUT2D eigenvalue weighted by atomic mass is 14.9. The Kier molecular flexibility index (Phi) is 4.85. The number of rotatable bonds is 3. The second-order valence-electron chi connectivity index (χ2n) is 0.947. The lowest BCUT2D eigenvalue weighted by Crippen LogP contribution is -2.18. The molecule has 0 spiro atoms. The van der Waals surface area contributed by atoms with Gasteiger partial charge in [-0.25, -0.2) is 0 Å². The molecule has 2 radical (unpaired) electrons. The van der Waals surface area contributed by atoms with Crippen molar-refractivity contribution in [1.82, 2.24) is 5.32 Å². The van der Waals surface area contributed by atoms with Gasteiger partial charge >= 0.3 is 0 Å².